The van der Waals surface area contributed by atoms with E-state index < -0.39 is 9.84 Å². The molecule has 1 N–H and O–H groups in total. The summed E-state index contributed by atoms with van der Waals surface area (Å²) in [5, 5.41) is 4.51. The molecule has 1 aliphatic rings. The zero-order valence-corrected chi connectivity index (χ0v) is 10.2. The quantitative estimate of drug-likeness (QED) is 0.856. The molecule has 0 radical (unpaired) electrons. The third-order valence-electron chi connectivity index (χ3n) is 2.65. The maximum atomic E-state index is 11.2. The summed E-state index contributed by atoms with van der Waals surface area (Å²) in [5.41, 5.74) is 3.34. The van der Waals surface area contributed by atoms with Crippen LogP contribution in [0, 0.1) is 13.8 Å². The molecular weight excluding hydrogens is 222 g/mol. The molecule has 0 aliphatic carbocycles. The number of nitrogens with one attached hydrogen (secondary N) is 1. The molecule has 86 valence electrons. The molecule has 16 heavy (non-hydrogen) atoms. The molecule has 0 bridgehead atoms. The molecule has 0 amide bonds. The number of benzene rings is 1. The predicted molar refractivity (Wildman–Crippen MR) is 66.3 cm³/mol. The number of hydrogen-bond acceptors (Lipinski definition) is 3. The molecular formula is C12H15NO2S. The van der Waals surface area contributed by atoms with Gasteiger partial charge in [-0.05, 0) is 25.5 Å². The number of rotatable bonds is 2. The summed E-state index contributed by atoms with van der Waals surface area (Å²) in [6.45, 7) is 4.05. The first-order valence-corrected chi connectivity index (χ1v) is 6.92. The molecule has 2 rings (SSSR count). The molecule has 0 saturated carbocycles. The third-order valence-corrected chi connectivity index (χ3v) is 4.05. The SMILES string of the molecule is Cc1ccc(NC2C=CS(=O)(=O)C2)c(C)c1. The zero-order valence-electron chi connectivity index (χ0n) is 9.40. The van der Waals surface area contributed by atoms with Gasteiger partial charge in [-0.3, -0.25) is 0 Å². The lowest BCUT2D eigenvalue weighted by Gasteiger charge is -2.14. The summed E-state index contributed by atoms with van der Waals surface area (Å²) in [5.74, 6) is 0.153. The van der Waals surface area contributed by atoms with Crippen LogP contribution in [0.5, 0.6) is 0 Å². The molecule has 0 saturated heterocycles. The highest BCUT2D eigenvalue weighted by Crippen LogP contribution is 2.19. The minimum absolute atomic E-state index is 0.105. The van der Waals surface area contributed by atoms with Crippen LogP contribution in [0.2, 0.25) is 0 Å². The second-order valence-electron chi connectivity index (χ2n) is 4.23. The monoisotopic (exact) mass is 237 g/mol. The first-order valence-electron chi connectivity index (χ1n) is 5.21. The first kappa shape index (κ1) is 11.2. The van der Waals surface area contributed by atoms with Gasteiger partial charge in [0.15, 0.2) is 9.84 Å². The van der Waals surface area contributed by atoms with Gasteiger partial charge in [-0.2, -0.15) is 0 Å². The molecule has 1 aromatic rings. The van der Waals surface area contributed by atoms with Crippen molar-refractivity contribution in [2.24, 2.45) is 0 Å². The standard InChI is InChI=1S/C12H15NO2S/c1-9-3-4-12(10(2)7-9)13-11-5-6-16(14,15)8-11/h3-7,11,13H,8H2,1-2H3. The van der Waals surface area contributed by atoms with Gasteiger partial charge in [0.1, 0.15) is 0 Å². The van der Waals surface area contributed by atoms with Crippen LogP contribution < -0.4 is 5.32 Å². The number of anilines is 1. The van der Waals surface area contributed by atoms with E-state index in [-0.39, 0.29) is 11.8 Å². The Morgan fingerprint density at radius 2 is 2.06 bits per heavy atom. The largest absolute Gasteiger partial charge is 0.378 e. The summed E-state index contributed by atoms with van der Waals surface area (Å²) in [4.78, 5) is 0. The van der Waals surface area contributed by atoms with Crippen LogP contribution in [-0.2, 0) is 9.84 Å². The fourth-order valence-corrected chi connectivity index (χ4v) is 3.08. The summed E-state index contributed by atoms with van der Waals surface area (Å²) in [6, 6.07) is 5.98. The molecule has 1 heterocycles. The Labute approximate surface area is 96.1 Å². The van der Waals surface area contributed by atoms with E-state index in [9.17, 15) is 8.42 Å². The van der Waals surface area contributed by atoms with Gasteiger partial charge >= 0.3 is 0 Å². The van der Waals surface area contributed by atoms with Gasteiger partial charge in [0.05, 0.1) is 11.8 Å². The van der Waals surface area contributed by atoms with Crippen molar-refractivity contribution in [3.05, 3.63) is 40.8 Å². The zero-order chi connectivity index (χ0) is 11.8. The van der Waals surface area contributed by atoms with Crippen LogP contribution in [0.4, 0.5) is 5.69 Å². The highest BCUT2D eigenvalue weighted by molar-refractivity contribution is 7.94. The van der Waals surface area contributed by atoms with Crippen molar-refractivity contribution in [1.82, 2.24) is 0 Å². The molecule has 0 spiro atoms. The van der Waals surface area contributed by atoms with Crippen molar-refractivity contribution in [3.8, 4) is 0 Å². The lowest BCUT2D eigenvalue weighted by atomic mass is 10.1. The third kappa shape index (κ3) is 2.44. The van der Waals surface area contributed by atoms with Crippen molar-refractivity contribution in [2.75, 3.05) is 11.1 Å². The van der Waals surface area contributed by atoms with Crippen molar-refractivity contribution >= 4 is 15.5 Å². The number of sulfone groups is 1. The van der Waals surface area contributed by atoms with Crippen molar-refractivity contribution in [3.63, 3.8) is 0 Å². The highest BCUT2D eigenvalue weighted by Gasteiger charge is 2.21. The smallest absolute Gasteiger partial charge is 0.173 e. The summed E-state index contributed by atoms with van der Waals surface area (Å²) < 4.78 is 22.5. The van der Waals surface area contributed by atoms with Gasteiger partial charge in [-0.1, -0.05) is 23.8 Å². The number of aryl methyl sites for hydroxylation is 2. The normalized spacial score (nSPS) is 22.2. The van der Waals surface area contributed by atoms with E-state index in [1.165, 1.54) is 11.0 Å². The van der Waals surface area contributed by atoms with Crippen molar-refractivity contribution < 1.29 is 8.42 Å². The minimum Gasteiger partial charge on any atom is -0.378 e. The van der Waals surface area contributed by atoms with E-state index in [1.54, 1.807) is 6.08 Å². The van der Waals surface area contributed by atoms with E-state index >= 15 is 0 Å². The molecule has 1 aromatic carbocycles. The van der Waals surface area contributed by atoms with Crippen LogP contribution >= 0.6 is 0 Å². The second-order valence-corrected chi connectivity index (χ2v) is 6.16. The van der Waals surface area contributed by atoms with E-state index in [0.717, 1.165) is 11.3 Å². The lowest BCUT2D eigenvalue weighted by molar-refractivity contribution is 0.605. The fraction of sp³-hybridized carbons (Fsp3) is 0.333. The van der Waals surface area contributed by atoms with E-state index in [0.29, 0.717) is 0 Å². The van der Waals surface area contributed by atoms with Crippen LogP contribution in [0.25, 0.3) is 0 Å². The van der Waals surface area contributed by atoms with Crippen LogP contribution in [0.15, 0.2) is 29.7 Å². The molecule has 1 unspecified atom stereocenters. The minimum atomic E-state index is -2.98. The second kappa shape index (κ2) is 3.94. The van der Waals surface area contributed by atoms with Crippen molar-refractivity contribution in [1.29, 1.82) is 0 Å². The molecule has 0 aromatic heterocycles. The maximum absolute atomic E-state index is 11.2. The fourth-order valence-electron chi connectivity index (χ4n) is 1.84. The Kier molecular flexibility index (Phi) is 2.76. The average Bonchev–Trinajstić information content (AvgIpc) is 2.51. The van der Waals surface area contributed by atoms with Crippen LogP contribution in [0.3, 0.4) is 0 Å². The van der Waals surface area contributed by atoms with Crippen LogP contribution in [0.1, 0.15) is 11.1 Å². The summed E-state index contributed by atoms with van der Waals surface area (Å²) in [6.07, 6.45) is 1.70. The first-order chi connectivity index (χ1) is 7.46. The maximum Gasteiger partial charge on any atom is 0.173 e. The predicted octanol–water partition coefficient (Wildman–Crippen LogP) is 2.03. The molecule has 4 heteroatoms. The molecule has 3 nitrogen and oxygen atoms in total. The Morgan fingerprint density at radius 3 is 2.62 bits per heavy atom. The van der Waals surface area contributed by atoms with Crippen LogP contribution in [-0.4, -0.2) is 20.2 Å². The Hall–Kier alpha value is -1.29. The number of hydrogen-bond donors (Lipinski definition) is 1. The Balaban J connectivity index is 2.14. The summed E-state index contributed by atoms with van der Waals surface area (Å²) >= 11 is 0. The van der Waals surface area contributed by atoms with Gasteiger partial charge in [0.25, 0.3) is 0 Å². The average molecular weight is 237 g/mol. The lowest BCUT2D eigenvalue weighted by Crippen LogP contribution is -2.21. The Morgan fingerprint density at radius 1 is 1.31 bits per heavy atom. The van der Waals surface area contributed by atoms with Gasteiger partial charge < -0.3 is 5.32 Å². The van der Waals surface area contributed by atoms with Gasteiger partial charge in [-0.25, -0.2) is 8.42 Å². The summed E-state index contributed by atoms with van der Waals surface area (Å²) in [7, 11) is -2.98. The highest BCUT2D eigenvalue weighted by atomic mass is 32.2. The van der Waals surface area contributed by atoms with E-state index in [4.69, 9.17) is 0 Å². The topological polar surface area (TPSA) is 46.2 Å². The molecule has 1 atom stereocenters. The van der Waals surface area contributed by atoms with Gasteiger partial charge in [-0.15, -0.1) is 0 Å². The van der Waals surface area contributed by atoms with Gasteiger partial charge in [0.2, 0.25) is 0 Å². The van der Waals surface area contributed by atoms with Gasteiger partial charge in [0, 0.05) is 11.1 Å². The van der Waals surface area contributed by atoms with E-state index in [1.807, 2.05) is 26.0 Å². The Bertz CT molecular complexity index is 532. The van der Waals surface area contributed by atoms with E-state index in [2.05, 4.69) is 11.4 Å². The van der Waals surface area contributed by atoms with Crippen molar-refractivity contribution in [2.45, 2.75) is 19.9 Å². The molecule has 1 aliphatic heterocycles. The molecule has 0 fully saturated rings.